The average Bonchev–Trinajstić information content (AvgIpc) is 2.99. The summed E-state index contributed by atoms with van der Waals surface area (Å²) in [6, 6.07) is 4.23. The number of hydrogen-bond acceptors (Lipinski definition) is 12. The summed E-state index contributed by atoms with van der Waals surface area (Å²) in [6.45, 7) is 4.55. The number of aliphatic hydroxyl groups excluding tert-OH is 1. The Morgan fingerprint density at radius 1 is 1.09 bits per heavy atom. The molecule has 2 aliphatic heterocycles. The van der Waals surface area contributed by atoms with Gasteiger partial charge in [0, 0.05) is 66.6 Å². The van der Waals surface area contributed by atoms with Crippen molar-refractivity contribution in [2.24, 2.45) is 0 Å². The highest BCUT2D eigenvalue weighted by Gasteiger charge is 2.50. The van der Waals surface area contributed by atoms with Crippen molar-refractivity contribution >= 4 is 41.5 Å². The van der Waals surface area contributed by atoms with Gasteiger partial charge in [0.1, 0.15) is 22.8 Å². The number of phenolic OH excluding ortho intramolecular Hbond substituents is 2. The van der Waals surface area contributed by atoms with Gasteiger partial charge in [-0.1, -0.05) is 12.1 Å². The van der Waals surface area contributed by atoms with Gasteiger partial charge in [-0.2, -0.15) is 11.8 Å². The van der Waals surface area contributed by atoms with E-state index < -0.39 is 76.6 Å². The lowest BCUT2D eigenvalue weighted by atomic mass is 9.72. The highest BCUT2D eigenvalue weighted by atomic mass is 35.5. The number of ether oxygens (including phenoxy) is 3. The Hall–Kier alpha value is -2.71. The highest BCUT2D eigenvalue weighted by Crippen LogP contribution is 2.52. The van der Waals surface area contributed by atoms with E-state index in [1.54, 1.807) is 13.0 Å². The summed E-state index contributed by atoms with van der Waals surface area (Å²) in [6.07, 6.45) is -3.86. The second-order valence-corrected chi connectivity index (χ2v) is 12.9. The van der Waals surface area contributed by atoms with Crippen LogP contribution in [0.25, 0.3) is 0 Å². The lowest BCUT2D eigenvalue weighted by Crippen LogP contribution is -2.57. The summed E-state index contributed by atoms with van der Waals surface area (Å²) < 4.78 is 17.7. The molecule has 2 aromatic rings. The van der Waals surface area contributed by atoms with E-state index in [1.165, 1.54) is 26.2 Å². The largest absolute Gasteiger partial charge is 0.507 e. The molecule has 2 heterocycles. The standard InChI is InChI=1S/C31H35NO10S.ClH/c1-14-26(34)18(32-7-9-43-10-8-32)11-21(41-14)42-20-13-31(39,15(2)33)12-17-23(20)30(38)25-24(28(17)36)27(35)16-5-4-6-19(40-3)22(16)29(25)37;/h4-6,14,18,20-21,26,34,36,38-39H,7-13H2,1-3H3;1H/t14?,18?,20-,21?,26?,31-;/m0./s1. The zero-order valence-corrected chi connectivity index (χ0v) is 26.2. The van der Waals surface area contributed by atoms with Gasteiger partial charge in [0.2, 0.25) is 5.78 Å². The third-order valence-electron chi connectivity index (χ3n) is 9.24. The number of hydrogen-bond donors (Lipinski definition) is 4. The summed E-state index contributed by atoms with van der Waals surface area (Å²) in [5, 5.41) is 45.6. The molecule has 4 unspecified atom stereocenters. The zero-order chi connectivity index (χ0) is 30.8. The van der Waals surface area contributed by atoms with E-state index in [0.29, 0.717) is 0 Å². The Bertz CT molecular complexity index is 1510. The molecule has 6 atom stereocenters. The van der Waals surface area contributed by atoms with Gasteiger partial charge in [-0.25, -0.2) is 0 Å². The van der Waals surface area contributed by atoms with Crippen LogP contribution in [0.5, 0.6) is 17.2 Å². The molecule has 4 N–H and O–H groups in total. The maximum atomic E-state index is 13.8. The van der Waals surface area contributed by atoms with Crippen LogP contribution in [0.1, 0.15) is 75.8 Å². The number of methoxy groups -OCH3 is 1. The summed E-state index contributed by atoms with van der Waals surface area (Å²) in [5.41, 5.74) is -2.85. The van der Waals surface area contributed by atoms with E-state index in [0.717, 1.165) is 24.6 Å². The molecule has 4 aliphatic rings. The molecule has 0 amide bonds. The molecule has 11 nitrogen and oxygen atoms in total. The highest BCUT2D eigenvalue weighted by molar-refractivity contribution is 7.99. The summed E-state index contributed by atoms with van der Waals surface area (Å²) >= 11 is 1.84. The minimum Gasteiger partial charge on any atom is -0.507 e. The quantitative estimate of drug-likeness (QED) is 0.299. The Morgan fingerprint density at radius 2 is 1.77 bits per heavy atom. The molecular formula is C31H36ClNO10S. The van der Waals surface area contributed by atoms with Crippen LogP contribution >= 0.6 is 24.2 Å². The van der Waals surface area contributed by atoms with Gasteiger partial charge in [-0.05, 0) is 19.9 Å². The van der Waals surface area contributed by atoms with Gasteiger partial charge >= 0.3 is 0 Å². The Kier molecular flexibility index (Phi) is 9.09. The van der Waals surface area contributed by atoms with Gasteiger partial charge < -0.3 is 34.6 Å². The first-order valence-corrected chi connectivity index (χ1v) is 15.5. The predicted molar refractivity (Wildman–Crippen MR) is 162 cm³/mol. The maximum absolute atomic E-state index is 13.8. The lowest BCUT2D eigenvalue weighted by molar-refractivity contribution is -0.258. The molecule has 0 saturated carbocycles. The van der Waals surface area contributed by atoms with Crippen LogP contribution in [0.15, 0.2) is 18.2 Å². The number of aromatic hydroxyl groups is 2. The molecule has 0 bridgehead atoms. The van der Waals surface area contributed by atoms with Crippen LogP contribution in [0, 0.1) is 0 Å². The molecule has 6 rings (SSSR count). The number of Topliss-reactive ketones (excluding diaryl/α,β-unsaturated/α-hetero) is 1. The van der Waals surface area contributed by atoms with Crippen LogP contribution in [0.2, 0.25) is 0 Å². The van der Waals surface area contributed by atoms with Crippen LogP contribution < -0.4 is 4.74 Å². The number of phenols is 2. The summed E-state index contributed by atoms with van der Waals surface area (Å²) in [4.78, 5) is 42.4. The number of carbonyl (C=O) groups is 3. The van der Waals surface area contributed by atoms with Crippen molar-refractivity contribution in [3.05, 3.63) is 51.6 Å². The van der Waals surface area contributed by atoms with Crippen LogP contribution in [-0.4, -0.2) is 105 Å². The topological polar surface area (TPSA) is 163 Å². The summed E-state index contributed by atoms with van der Waals surface area (Å²) in [7, 11) is 1.36. The van der Waals surface area contributed by atoms with Crippen molar-refractivity contribution < 1.29 is 49.0 Å². The van der Waals surface area contributed by atoms with Crippen molar-refractivity contribution in [1.29, 1.82) is 0 Å². The molecule has 0 spiro atoms. The third-order valence-corrected chi connectivity index (χ3v) is 10.2. The number of aliphatic hydroxyl groups is 2. The number of ketones is 3. The molecule has 238 valence electrons. The van der Waals surface area contributed by atoms with E-state index in [-0.39, 0.29) is 59.3 Å². The molecular weight excluding hydrogens is 614 g/mol. The smallest absolute Gasteiger partial charge is 0.202 e. The second-order valence-electron chi connectivity index (χ2n) is 11.7. The normalized spacial score (nSPS) is 30.1. The van der Waals surface area contributed by atoms with Gasteiger partial charge in [0.05, 0.1) is 42.1 Å². The molecule has 2 saturated heterocycles. The second kappa shape index (κ2) is 12.2. The number of fused-ring (bicyclic) bond motifs is 3. The zero-order valence-electron chi connectivity index (χ0n) is 24.6. The van der Waals surface area contributed by atoms with Gasteiger partial charge in [0.15, 0.2) is 17.9 Å². The fraction of sp³-hybridized carbons (Fsp3) is 0.516. The lowest BCUT2D eigenvalue weighted by Gasteiger charge is -2.46. The van der Waals surface area contributed by atoms with E-state index >= 15 is 0 Å². The van der Waals surface area contributed by atoms with Crippen molar-refractivity contribution in [1.82, 2.24) is 4.90 Å². The molecule has 0 radical (unpaired) electrons. The van der Waals surface area contributed by atoms with Crippen molar-refractivity contribution in [3.63, 3.8) is 0 Å². The van der Waals surface area contributed by atoms with Crippen LogP contribution in [-0.2, 0) is 20.7 Å². The third kappa shape index (κ3) is 5.20. The van der Waals surface area contributed by atoms with Gasteiger partial charge in [-0.3, -0.25) is 19.3 Å². The monoisotopic (exact) mass is 649 g/mol. The van der Waals surface area contributed by atoms with Crippen molar-refractivity contribution in [3.8, 4) is 17.2 Å². The van der Waals surface area contributed by atoms with E-state index in [9.17, 15) is 34.8 Å². The number of thioether (sulfide) groups is 1. The maximum Gasteiger partial charge on any atom is 0.202 e. The Morgan fingerprint density at radius 3 is 2.43 bits per heavy atom. The number of rotatable bonds is 5. The molecule has 2 fully saturated rings. The van der Waals surface area contributed by atoms with Crippen LogP contribution in [0.3, 0.4) is 0 Å². The van der Waals surface area contributed by atoms with Gasteiger partial charge in [0.25, 0.3) is 0 Å². The number of benzene rings is 2. The van der Waals surface area contributed by atoms with Crippen molar-refractivity contribution in [2.75, 3.05) is 31.7 Å². The SMILES string of the molecule is COc1cccc2c1C(=O)c1c(O)c3c(c(O)c1C2=O)C[C@@](O)(C(C)=O)C[C@@H]3OC1CC(N2CCSCC2)C(O)C(C)O1.Cl. The first-order valence-electron chi connectivity index (χ1n) is 14.4. The van der Waals surface area contributed by atoms with E-state index in [2.05, 4.69) is 4.90 Å². The average molecular weight is 650 g/mol. The predicted octanol–water partition coefficient (Wildman–Crippen LogP) is 2.54. The Labute approximate surface area is 264 Å². The van der Waals surface area contributed by atoms with E-state index in [4.69, 9.17) is 14.2 Å². The molecule has 44 heavy (non-hydrogen) atoms. The van der Waals surface area contributed by atoms with Crippen molar-refractivity contribution in [2.45, 2.75) is 69.4 Å². The first-order chi connectivity index (χ1) is 20.5. The minimum atomic E-state index is -1.98. The minimum absolute atomic E-state index is 0. The number of carbonyl (C=O) groups excluding carboxylic acids is 3. The van der Waals surface area contributed by atoms with E-state index in [1.807, 2.05) is 11.8 Å². The molecule has 13 heteroatoms. The molecule has 0 aromatic heterocycles. The fourth-order valence-corrected chi connectivity index (χ4v) is 7.80. The molecule has 2 aliphatic carbocycles. The summed E-state index contributed by atoms with van der Waals surface area (Å²) in [5.74, 6) is -1.15. The van der Waals surface area contributed by atoms with Crippen LogP contribution in [0.4, 0.5) is 0 Å². The van der Waals surface area contributed by atoms with Gasteiger partial charge in [-0.15, -0.1) is 12.4 Å². The first kappa shape index (κ1) is 32.7. The molecule has 2 aromatic carbocycles. The number of halogens is 1. The number of nitrogens with zero attached hydrogens (tertiary/aromatic N) is 1. The fourth-order valence-electron chi connectivity index (χ4n) is 6.87. The Balaban J connectivity index is 0.00000384.